The average Bonchev–Trinajstić information content (AvgIpc) is 3.13. The molecule has 0 saturated heterocycles. The number of nitrogens with zero attached hydrogens (tertiary/aromatic N) is 2. The van der Waals surface area contributed by atoms with Gasteiger partial charge >= 0.3 is 0 Å². The number of carbonyl (C=O) groups is 2. The molecule has 9 heteroatoms. The summed E-state index contributed by atoms with van der Waals surface area (Å²) in [5.74, 6) is -1.77. The number of aromatic nitrogens is 1. The van der Waals surface area contributed by atoms with E-state index < -0.39 is 11.7 Å². The van der Waals surface area contributed by atoms with Crippen molar-refractivity contribution in [2.45, 2.75) is 12.3 Å². The SMILES string of the molecule is N#CC1=C(SCC(=O)Nc2nccs2)NC(=O)CC1c1ccccc1F. The van der Waals surface area contributed by atoms with E-state index in [4.69, 9.17) is 0 Å². The number of halogens is 1. The first kappa shape index (κ1) is 18.1. The van der Waals surface area contributed by atoms with Gasteiger partial charge in [0.1, 0.15) is 5.82 Å². The van der Waals surface area contributed by atoms with Crippen LogP contribution in [0.2, 0.25) is 0 Å². The first-order valence-electron chi connectivity index (χ1n) is 7.59. The zero-order chi connectivity index (χ0) is 18.5. The maximum Gasteiger partial charge on any atom is 0.236 e. The number of hydrogen-bond acceptors (Lipinski definition) is 6. The van der Waals surface area contributed by atoms with Crippen molar-refractivity contribution in [3.8, 4) is 6.07 Å². The maximum atomic E-state index is 14.1. The zero-order valence-corrected chi connectivity index (χ0v) is 15.0. The highest BCUT2D eigenvalue weighted by Crippen LogP contribution is 2.36. The van der Waals surface area contributed by atoms with Gasteiger partial charge in [0, 0.05) is 23.9 Å². The van der Waals surface area contributed by atoms with E-state index in [0.717, 1.165) is 11.8 Å². The molecule has 0 aliphatic carbocycles. The molecule has 1 aromatic carbocycles. The van der Waals surface area contributed by atoms with Crippen LogP contribution in [0.4, 0.5) is 9.52 Å². The monoisotopic (exact) mass is 388 g/mol. The predicted molar refractivity (Wildman–Crippen MR) is 97.7 cm³/mol. The highest BCUT2D eigenvalue weighted by molar-refractivity contribution is 8.03. The Bertz CT molecular complexity index is 906. The fraction of sp³-hybridized carbons (Fsp3) is 0.176. The predicted octanol–water partition coefficient (Wildman–Crippen LogP) is 2.99. The van der Waals surface area contributed by atoms with Crippen molar-refractivity contribution in [2.24, 2.45) is 0 Å². The summed E-state index contributed by atoms with van der Waals surface area (Å²) < 4.78 is 14.1. The van der Waals surface area contributed by atoms with Crippen molar-refractivity contribution in [1.29, 1.82) is 5.26 Å². The molecule has 132 valence electrons. The minimum Gasteiger partial charge on any atom is -0.320 e. The van der Waals surface area contributed by atoms with Gasteiger partial charge in [0.05, 0.1) is 22.4 Å². The Morgan fingerprint density at radius 2 is 2.31 bits per heavy atom. The Kier molecular flexibility index (Phi) is 5.65. The van der Waals surface area contributed by atoms with Crippen molar-refractivity contribution in [2.75, 3.05) is 11.1 Å². The van der Waals surface area contributed by atoms with Crippen LogP contribution in [0.25, 0.3) is 0 Å². The molecule has 0 saturated carbocycles. The molecule has 0 bridgehead atoms. The van der Waals surface area contributed by atoms with Crippen molar-refractivity contribution >= 4 is 40.0 Å². The summed E-state index contributed by atoms with van der Waals surface area (Å²) in [6.45, 7) is 0. The first-order chi connectivity index (χ1) is 12.6. The standard InChI is InChI=1S/C17H13FN4O2S2/c18-13-4-2-1-3-10(13)11-7-14(23)21-16(12(11)8-19)26-9-15(24)22-17-20-5-6-25-17/h1-6,11H,7,9H2,(H,21,23)(H,20,22,24). The lowest BCUT2D eigenvalue weighted by Gasteiger charge is -2.25. The van der Waals surface area contributed by atoms with Crippen LogP contribution in [-0.4, -0.2) is 22.6 Å². The lowest BCUT2D eigenvalue weighted by atomic mass is 9.87. The lowest BCUT2D eigenvalue weighted by Crippen LogP contribution is -2.31. The van der Waals surface area contributed by atoms with Gasteiger partial charge in [-0.25, -0.2) is 9.37 Å². The van der Waals surface area contributed by atoms with Gasteiger partial charge in [0.2, 0.25) is 11.8 Å². The second-order valence-corrected chi connectivity index (χ2v) is 7.24. The van der Waals surface area contributed by atoms with Crippen molar-refractivity contribution in [3.05, 3.63) is 57.8 Å². The van der Waals surface area contributed by atoms with Crippen LogP contribution < -0.4 is 10.6 Å². The molecule has 2 aromatic rings. The summed E-state index contributed by atoms with van der Waals surface area (Å²) in [6.07, 6.45) is 1.56. The molecule has 26 heavy (non-hydrogen) atoms. The number of thioether (sulfide) groups is 1. The van der Waals surface area contributed by atoms with Crippen LogP contribution in [-0.2, 0) is 9.59 Å². The number of amides is 2. The number of carbonyl (C=O) groups excluding carboxylic acids is 2. The maximum absolute atomic E-state index is 14.1. The van der Waals surface area contributed by atoms with E-state index in [9.17, 15) is 19.2 Å². The summed E-state index contributed by atoms with van der Waals surface area (Å²) in [6, 6.07) is 8.13. The molecular formula is C17H13FN4O2S2. The number of allylic oxidation sites excluding steroid dienone is 1. The highest BCUT2D eigenvalue weighted by Gasteiger charge is 2.31. The molecular weight excluding hydrogens is 375 g/mol. The molecule has 3 rings (SSSR count). The van der Waals surface area contributed by atoms with Crippen molar-refractivity contribution in [1.82, 2.24) is 10.3 Å². The molecule has 1 unspecified atom stereocenters. The molecule has 2 heterocycles. The van der Waals surface area contributed by atoms with Gasteiger partial charge in [0.25, 0.3) is 0 Å². The van der Waals surface area contributed by atoms with Gasteiger partial charge in [-0.1, -0.05) is 30.0 Å². The fourth-order valence-electron chi connectivity index (χ4n) is 2.53. The molecule has 1 aliphatic heterocycles. The molecule has 1 aliphatic rings. The van der Waals surface area contributed by atoms with E-state index in [-0.39, 0.29) is 34.6 Å². The molecule has 1 atom stereocenters. The third-order valence-corrected chi connectivity index (χ3v) is 5.37. The van der Waals surface area contributed by atoms with Gasteiger partial charge in [-0.3, -0.25) is 9.59 Å². The molecule has 1 aromatic heterocycles. The van der Waals surface area contributed by atoms with Gasteiger partial charge in [-0.2, -0.15) is 5.26 Å². The van der Waals surface area contributed by atoms with E-state index in [0.29, 0.717) is 10.7 Å². The van der Waals surface area contributed by atoms with Crippen LogP contribution in [0.3, 0.4) is 0 Å². The Morgan fingerprint density at radius 3 is 3.00 bits per heavy atom. The summed E-state index contributed by atoms with van der Waals surface area (Å²) in [4.78, 5) is 28.0. The molecule has 2 N–H and O–H groups in total. The number of hydrogen-bond donors (Lipinski definition) is 2. The minimum atomic E-state index is -0.667. The zero-order valence-electron chi connectivity index (χ0n) is 13.4. The Hall–Kier alpha value is -2.70. The first-order valence-corrected chi connectivity index (χ1v) is 9.45. The number of nitriles is 1. The minimum absolute atomic E-state index is 0.00956. The van der Waals surface area contributed by atoms with Gasteiger partial charge < -0.3 is 10.6 Å². The quantitative estimate of drug-likeness (QED) is 0.821. The third-order valence-electron chi connectivity index (χ3n) is 3.66. The molecule has 2 amide bonds. The largest absolute Gasteiger partial charge is 0.320 e. The normalized spacial score (nSPS) is 16.8. The van der Waals surface area contributed by atoms with Crippen molar-refractivity contribution in [3.63, 3.8) is 0 Å². The fourth-order valence-corrected chi connectivity index (χ4v) is 3.96. The average molecular weight is 388 g/mol. The van der Waals surface area contributed by atoms with Gasteiger partial charge in [-0.15, -0.1) is 11.3 Å². The molecule has 0 radical (unpaired) electrons. The second kappa shape index (κ2) is 8.12. The lowest BCUT2D eigenvalue weighted by molar-refractivity contribution is -0.121. The van der Waals surface area contributed by atoms with E-state index >= 15 is 0 Å². The van der Waals surface area contributed by atoms with Crippen LogP contribution in [0.15, 0.2) is 46.4 Å². The topological polar surface area (TPSA) is 94.9 Å². The van der Waals surface area contributed by atoms with E-state index in [1.165, 1.54) is 17.4 Å². The smallest absolute Gasteiger partial charge is 0.236 e. The third kappa shape index (κ3) is 4.09. The number of anilines is 1. The number of benzene rings is 1. The summed E-state index contributed by atoms with van der Waals surface area (Å²) >= 11 is 2.32. The van der Waals surface area contributed by atoms with Gasteiger partial charge in [-0.05, 0) is 11.6 Å². The van der Waals surface area contributed by atoms with Crippen LogP contribution in [0.5, 0.6) is 0 Å². The van der Waals surface area contributed by atoms with Crippen molar-refractivity contribution < 1.29 is 14.0 Å². The summed E-state index contributed by atoms with van der Waals surface area (Å²) in [7, 11) is 0. The molecule has 6 nitrogen and oxygen atoms in total. The Labute approximate surface area is 157 Å². The van der Waals surface area contributed by atoms with E-state index in [1.54, 1.807) is 29.8 Å². The van der Waals surface area contributed by atoms with E-state index in [2.05, 4.69) is 21.7 Å². The molecule has 0 fully saturated rings. The molecule has 0 spiro atoms. The van der Waals surface area contributed by atoms with Crippen LogP contribution in [0, 0.1) is 17.1 Å². The summed E-state index contributed by atoms with van der Waals surface area (Å²) in [5.41, 5.74) is 0.547. The van der Waals surface area contributed by atoms with Crippen LogP contribution >= 0.6 is 23.1 Å². The number of nitrogens with one attached hydrogen (secondary N) is 2. The number of rotatable bonds is 5. The van der Waals surface area contributed by atoms with Crippen LogP contribution in [0.1, 0.15) is 17.9 Å². The number of thiazole rings is 1. The Morgan fingerprint density at radius 1 is 1.50 bits per heavy atom. The highest BCUT2D eigenvalue weighted by atomic mass is 32.2. The summed E-state index contributed by atoms with van der Waals surface area (Å²) in [5, 5.41) is 17.3. The van der Waals surface area contributed by atoms with Gasteiger partial charge in [0.15, 0.2) is 5.13 Å². The Balaban J connectivity index is 1.79. The second-order valence-electron chi connectivity index (χ2n) is 5.36. The van der Waals surface area contributed by atoms with E-state index in [1.807, 2.05) is 0 Å².